The van der Waals surface area contributed by atoms with E-state index in [1.165, 1.54) is 12.0 Å². The smallest absolute Gasteiger partial charge is 0.234 e. The topological polar surface area (TPSA) is 44.8 Å². The first-order valence-electron chi connectivity index (χ1n) is 9.01. The lowest BCUT2D eigenvalue weighted by molar-refractivity contribution is -0.123. The van der Waals surface area contributed by atoms with E-state index in [4.69, 9.17) is 4.74 Å². The van der Waals surface area contributed by atoms with Crippen molar-refractivity contribution in [3.63, 3.8) is 0 Å². The minimum atomic E-state index is 0.0521. The van der Waals surface area contributed by atoms with Gasteiger partial charge in [-0.1, -0.05) is 30.3 Å². The quantitative estimate of drug-likeness (QED) is 0.858. The lowest BCUT2D eigenvalue weighted by atomic mass is 9.98. The van der Waals surface area contributed by atoms with Crippen molar-refractivity contribution < 1.29 is 9.53 Å². The van der Waals surface area contributed by atoms with E-state index in [9.17, 15) is 4.79 Å². The Bertz CT molecular complexity index is 531. The third-order valence-electron chi connectivity index (χ3n) is 5.26. The molecule has 5 heteroatoms. The monoisotopic (exact) mass is 331 g/mol. The number of likely N-dealkylation sites (tertiary alicyclic amines) is 1. The number of rotatable bonds is 6. The molecular weight excluding hydrogens is 302 g/mol. The molecule has 2 aliphatic rings. The van der Waals surface area contributed by atoms with Crippen molar-refractivity contribution in [2.75, 3.05) is 45.9 Å². The standard InChI is InChI=1S/C19H29N3O2/c1-19(16-20-18(23)15-21-10-12-24-13-11-21)8-5-9-22(19)14-17-6-3-2-4-7-17/h2-4,6-7H,5,8-16H2,1H3,(H,20,23). The minimum absolute atomic E-state index is 0.0521. The first-order valence-corrected chi connectivity index (χ1v) is 9.01. The maximum absolute atomic E-state index is 12.3. The Morgan fingerprint density at radius 3 is 2.71 bits per heavy atom. The Labute approximate surface area is 145 Å². The summed E-state index contributed by atoms with van der Waals surface area (Å²) in [5.74, 6) is 0.129. The largest absolute Gasteiger partial charge is 0.379 e. The average molecular weight is 331 g/mol. The molecule has 3 rings (SSSR count). The van der Waals surface area contributed by atoms with Gasteiger partial charge in [0.15, 0.2) is 0 Å². The molecule has 1 aromatic rings. The highest BCUT2D eigenvalue weighted by Crippen LogP contribution is 2.29. The Kier molecular flexibility index (Phi) is 5.87. The first-order chi connectivity index (χ1) is 11.7. The molecule has 0 aliphatic carbocycles. The van der Waals surface area contributed by atoms with Gasteiger partial charge in [-0.2, -0.15) is 0 Å². The summed E-state index contributed by atoms with van der Waals surface area (Å²) in [6.07, 6.45) is 2.33. The zero-order chi connectivity index (χ0) is 16.8. The molecule has 2 saturated heterocycles. The van der Waals surface area contributed by atoms with E-state index >= 15 is 0 Å². The van der Waals surface area contributed by atoms with Crippen molar-refractivity contribution >= 4 is 5.91 Å². The molecular formula is C19H29N3O2. The number of carbonyl (C=O) groups is 1. The van der Waals surface area contributed by atoms with Crippen molar-refractivity contribution in [3.05, 3.63) is 35.9 Å². The van der Waals surface area contributed by atoms with Gasteiger partial charge in [0.25, 0.3) is 0 Å². The maximum atomic E-state index is 12.3. The SMILES string of the molecule is CC1(CNC(=O)CN2CCOCC2)CCCN1Cc1ccccc1. The molecule has 5 nitrogen and oxygen atoms in total. The van der Waals surface area contributed by atoms with Gasteiger partial charge in [0.1, 0.15) is 0 Å². The van der Waals surface area contributed by atoms with Crippen LogP contribution >= 0.6 is 0 Å². The second-order valence-corrected chi connectivity index (χ2v) is 7.17. The average Bonchev–Trinajstić information content (AvgIpc) is 2.96. The van der Waals surface area contributed by atoms with Crippen LogP contribution in [0.5, 0.6) is 0 Å². The van der Waals surface area contributed by atoms with Crippen LogP contribution < -0.4 is 5.32 Å². The summed E-state index contributed by atoms with van der Waals surface area (Å²) in [5.41, 5.74) is 1.39. The van der Waals surface area contributed by atoms with Gasteiger partial charge in [0.05, 0.1) is 19.8 Å². The van der Waals surface area contributed by atoms with E-state index in [0.29, 0.717) is 6.54 Å². The molecule has 2 heterocycles. The first kappa shape index (κ1) is 17.4. The number of benzene rings is 1. The summed E-state index contributed by atoms with van der Waals surface area (Å²) in [6, 6.07) is 10.6. The summed E-state index contributed by atoms with van der Waals surface area (Å²) >= 11 is 0. The number of hydrogen-bond acceptors (Lipinski definition) is 4. The van der Waals surface area contributed by atoms with E-state index < -0.39 is 0 Å². The Morgan fingerprint density at radius 1 is 1.21 bits per heavy atom. The van der Waals surface area contributed by atoms with Crippen LogP contribution in [0.15, 0.2) is 30.3 Å². The Hall–Kier alpha value is -1.43. The number of carbonyl (C=O) groups excluding carboxylic acids is 1. The van der Waals surface area contributed by atoms with Gasteiger partial charge in [-0.15, -0.1) is 0 Å². The Balaban J connectivity index is 1.49. The molecule has 1 atom stereocenters. The van der Waals surface area contributed by atoms with Crippen molar-refractivity contribution in [2.45, 2.75) is 31.8 Å². The van der Waals surface area contributed by atoms with E-state index in [-0.39, 0.29) is 11.4 Å². The predicted molar refractivity (Wildman–Crippen MR) is 94.8 cm³/mol. The van der Waals surface area contributed by atoms with Crippen LogP contribution in [0.2, 0.25) is 0 Å². The van der Waals surface area contributed by atoms with E-state index in [1.54, 1.807) is 0 Å². The molecule has 1 unspecified atom stereocenters. The summed E-state index contributed by atoms with van der Waals surface area (Å²) in [7, 11) is 0. The number of morpholine rings is 1. The van der Waals surface area contributed by atoms with E-state index in [2.05, 4.69) is 52.4 Å². The number of nitrogens with zero attached hydrogens (tertiary/aromatic N) is 2. The fourth-order valence-corrected chi connectivity index (χ4v) is 3.66. The van der Waals surface area contributed by atoms with Gasteiger partial charge >= 0.3 is 0 Å². The number of nitrogens with one attached hydrogen (secondary N) is 1. The van der Waals surface area contributed by atoms with Gasteiger partial charge in [0.2, 0.25) is 5.91 Å². The van der Waals surface area contributed by atoms with Crippen molar-refractivity contribution in [1.82, 2.24) is 15.1 Å². The molecule has 0 saturated carbocycles. The van der Waals surface area contributed by atoms with Gasteiger partial charge < -0.3 is 10.1 Å². The minimum Gasteiger partial charge on any atom is -0.379 e. The third-order valence-corrected chi connectivity index (χ3v) is 5.26. The lowest BCUT2D eigenvalue weighted by Crippen LogP contribution is -2.51. The fourth-order valence-electron chi connectivity index (χ4n) is 3.66. The highest BCUT2D eigenvalue weighted by Gasteiger charge is 2.36. The summed E-state index contributed by atoms with van der Waals surface area (Å²) < 4.78 is 5.33. The molecule has 2 fully saturated rings. The normalized spacial score (nSPS) is 25.7. The Morgan fingerprint density at radius 2 is 1.96 bits per heavy atom. The molecule has 1 N–H and O–H groups in total. The maximum Gasteiger partial charge on any atom is 0.234 e. The highest BCUT2D eigenvalue weighted by molar-refractivity contribution is 5.78. The number of hydrogen-bond donors (Lipinski definition) is 1. The summed E-state index contributed by atoms with van der Waals surface area (Å²) in [6.45, 7) is 8.71. The fraction of sp³-hybridized carbons (Fsp3) is 0.632. The van der Waals surface area contributed by atoms with Crippen molar-refractivity contribution in [1.29, 1.82) is 0 Å². The van der Waals surface area contributed by atoms with Gasteiger partial charge in [-0.05, 0) is 31.9 Å². The van der Waals surface area contributed by atoms with Crippen molar-refractivity contribution in [3.8, 4) is 0 Å². The predicted octanol–water partition coefficient (Wildman–Crippen LogP) is 1.49. The third kappa shape index (κ3) is 4.56. The molecule has 0 aromatic heterocycles. The molecule has 24 heavy (non-hydrogen) atoms. The van der Waals surface area contributed by atoms with Crippen LogP contribution in [-0.4, -0.2) is 67.2 Å². The molecule has 2 aliphatic heterocycles. The van der Waals surface area contributed by atoms with Crippen LogP contribution in [0.4, 0.5) is 0 Å². The van der Waals surface area contributed by atoms with Gasteiger partial charge in [0, 0.05) is 31.7 Å². The second kappa shape index (κ2) is 8.10. The lowest BCUT2D eigenvalue weighted by Gasteiger charge is -2.36. The van der Waals surface area contributed by atoms with Gasteiger partial charge in [-0.3, -0.25) is 14.6 Å². The van der Waals surface area contributed by atoms with Crippen LogP contribution in [0.1, 0.15) is 25.3 Å². The second-order valence-electron chi connectivity index (χ2n) is 7.17. The zero-order valence-electron chi connectivity index (χ0n) is 14.7. The van der Waals surface area contributed by atoms with Gasteiger partial charge in [-0.25, -0.2) is 0 Å². The zero-order valence-corrected chi connectivity index (χ0v) is 14.7. The van der Waals surface area contributed by atoms with E-state index in [1.807, 2.05) is 0 Å². The number of ether oxygens (including phenoxy) is 1. The van der Waals surface area contributed by atoms with Crippen LogP contribution in [0.25, 0.3) is 0 Å². The molecule has 0 bridgehead atoms. The summed E-state index contributed by atoms with van der Waals surface area (Å²) in [5, 5.41) is 3.17. The van der Waals surface area contributed by atoms with Crippen LogP contribution in [0, 0.1) is 0 Å². The molecule has 132 valence electrons. The van der Waals surface area contributed by atoms with E-state index in [0.717, 1.165) is 52.4 Å². The van der Waals surface area contributed by atoms with Crippen LogP contribution in [0.3, 0.4) is 0 Å². The molecule has 0 spiro atoms. The van der Waals surface area contributed by atoms with Crippen molar-refractivity contribution in [2.24, 2.45) is 0 Å². The summed E-state index contributed by atoms with van der Waals surface area (Å²) in [4.78, 5) is 16.9. The highest BCUT2D eigenvalue weighted by atomic mass is 16.5. The molecule has 1 aromatic carbocycles. The number of amides is 1. The molecule has 0 radical (unpaired) electrons. The molecule has 1 amide bonds. The van der Waals surface area contributed by atoms with Crippen LogP contribution in [-0.2, 0) is 16.1 Å².